The quantitative estimate of drug-likeness (QED) is 0.343. The van der Waals surface area contributed by atoms with Crippen LogP contribution in [-0.2, 0) is 21.0 Å². The zero-order valence-electron chi connectivity index (χ0n) is 23.3. The van der Waals surface area contributed by atoms with Crippen molar-refractivity contribution in [2.45, 2.75) is 50.8 Å². The van der Waals surface area contributed by atoms with E-state index in [1.165, 1.54) is 29.1 Å². The molecule has 1 saturated carbocycles. The molecule has 1 saturated heterocycles. The van der Waals surface area contributed by atoms with Gasteiger partial charge < -0.3 is 4.74 Å². The number of amides is 1. The number of thiazole rings is 1. The number of rotatable bonds is 8. The van der Waals surface area contributed by atoms with Crippen LogP contribution in [-0.4, -0.2) is 55.4 Å². The second-order valence-corrected chi connectivity index (χ2v) is 14.4. The third kappa shape index (κ3) is 5.32. The molecule has 2 atom stereocenters. The Kier molecular flexibility index (Phi) is 7.05. The van der Waals surface area contributed by atoms with Crippen LogP contribution in [0.15, 0.2) is 35.2 Å². The standard InChI is InChI=1S/C30H32N4O5S2/c1-16(18-8-9-18)12-20-13-19-14-21(15-23(41(3,37)38)25(19)27(20)35)28-17(2)32-29(40-28)26(31)22-6-4-7-24(33-22)34-10-5-11-39-30(34)36/h4,6-7,14-16,18,20,31H,5,8-13H2,1-3H3/t16-,20-/m1/s1. The molecule has 0 bridgehead atoms. The van der Waals surface area contributed by atoms with Crippen LogP contribution in [0, 0.1) is 30.1 Å². The van der Waals surface area contributed by atoms with Gasteiger partial charge in [0.2, 0.25) is 0 Å². The van der Waals surface area contributed by atoms with Crippen LogP contribution < -0.4 is 4.90 Å². The number of sulfone groups is 1. The number of aromatic nitrogens is 2. The molecule has 1 N–H and O–H groups in total. The first kappa shape index (κ1) is 27.7. The molecule has 0 radical (unpaired) electrons. The van der Waals surface area contributed by atoms with E-state index in [9.17, 15) is 18.0 Å². The number of aryl methyl sites for hydroxylation is 1. The van der Waals surface area contributed by atoms with Crippen molar-refractivity contribution in [2.24, 2.45) is 17.8 Å². The van der Waals surface area contributed by atoms with E-state index >= 15 is 0 Å². The Hall–Kier alpha value is -3.44. The third-order valence-corrected chi connectivity index (χ3v) is 10.6. The van der Waals surface area contributed by atoms with Crippen LogP contribution in [0.2, 0.25) is 0 Å². The lowest BCUT2D eigenvalue weighted by atomic mass is 9.90. The van der Waals surface area contributed by atoms with Crippen molar-refractivity contribution in [1.29, 1.82) is 5.41 Å². The largest absolute Gasteiger partial charge is 0.449 e. The number of pyridine rings is 1. The number of fused-ring (bicyclic) bond motifs is 1. The van der Waals surface area contributed by atoms with E-state index in [0.29, 0.717) is 71.2 Å². The minimum Gasteiger partial charge on any atom is -0.449 e. The molecule has 11 heteroatoms. The fraction of sp³-hybridized carbons (Fsp3) is 0.433. The Morgan fingerprint density at radius 3 is 2.71 bits per heavy atom. The maximum Gasteiger partial charge on any atom is 0.415 e. The number of benzene rings is 1. The van der Waals surface area contributed by atoms with Gasteiger partial charge in [0.05, 0.1) is 27.8 Å². The maximum absolute atomic E-state index is 13.4. The summed E-state index contributed by atoms with van der Waals surface area (Å²) in [5.41, 5.74) is 2.92. The van der Waals surface area contributed by atoms with Gasteiger partial charge in [0.1, 0.15) is 16.5 Å². The molecule has 2 fully saturated rings. The van der Waals surface area contributed by atoms with Crippen molar-refractivity contribution in [3.05, 3.63) is 57.9 Å². The summed E-state index contributed by atoms with van der Waals surface area (Å²) in [6.45, 7) is 4.89. The predicted octanol–water partition coefficient (Wildman–Crippen LogP) is 5.47. The van der Waals surface area contributed by atoms with Crippen LogP contribution in [0.1, 0.15) is 64.9 Å². The van der Waals surface area contributed by atoms with Gasteiger partial charge in [-0.2, -0.15) is 0 Å². The van der Waals surface area contributed by atoms with Gasteiger partial charge in [0, 0.05) is 24.3 Å². The van der Waals surface area contributed by atoms with Crippen LogP contribution in [0.5, 0.6) is 0 Å². The molecular weight excluding hydrogens is 560 g/mol. The zero-order valence-corrected chi connectivity index (χ0v) is 24.9. The lowest BCUT2D eigenvalue weighted by Gasteiger charge is -2.25. The maximum atomic E-state index is 13.4. The molecule has 2 aliphatic carbocycles. The number of carbonyl (C=O) groups excluding carboxylic acids is 2. The van der Waals surface area contributed by atoms with Crippen molar-refractivity contribution in [3.8, 4) is 10.4 Å². The van der Waals surface area contributed by atoms with Gasteiger partial charge in [-0.25, -0.2) is 23.2 Å². The first-order valence-corrected chi connectivity index (χ1v) is 16.6. The highest BCUT2D eigenvalue weighted by Gasteiger charge is 2.39. The van der Waals surface area contributed by atoms with Crippen molar-refractivity contribution >= 4 is 44.6 Å². The Morgan fingerprint density at radius 2 is 2.00 bits per heavy atom. The summed E-state index contributed by atoms with van der Waals surface area (Å²) < 4.78 is 30.9. The second kappa shape index (κ2) is 10.4. The van der Waals surface area contributed by atoms with Crippen molar-refractivity contribution in [1.82, 2.24) is 9.97 Å². The van der Waals surface area contributed by atoms with Gasteiger partial charge in [-0.1, -0.05) is 13.0 Å². The van der Waals surface area contributed by atoms with E-state index in [2.05, 4.69) is 16.9 Å². The minimum absolute atomic E-state index is 0.0634. The molecule has 2 aromatic heterocycles. The van der Waals surface area contributed by atoms with Gasteiger partial charge in [0.25, 0.3) is 0 Å². The average Bonchev–Trinajstić information content (AvgIpc) is 3.66. The average molecular weight is 593 g/mol. The number of cyclic esters (lactones) is 1. The number of ketones is 1. The number of ether oxygens (including phenoxy) is 1. The highest BCUT2D eigenvalue weighted by Crippen LogP contribution is 2.44. The fourth-order valence-corrected chi connectivity index (χ4v) is 7.90. The molecule has 3 aliphatic rings. The van der Waals surface area contributed by atoms with E-state index in [1.807, 2.05) is 13.0 Å². The van der Waals surface area contributed by atoms with Gasteiger partial charge in [0.15, 0.2) is 15.6 Å². The van der Waals surface area contributed by atoms with E-state index in [-0.39, 0.29) is 22.3 Å². The monoisotopic (exact) mass is 592 g/mol. The smallest absolute Gasteiger partial charge is 0.415 e. The lowest BCUT2D eigenvalue weighted by molar-refractivity contribution is 0.0914. The summed E-state index contributed by atoms with van der Waals surface area (Å²) >= 11 is 1.29. The molecule has 41 heavy (non-hydrogen) atoms. The summed E-state index contributed by atoms with van der Waals surface area (Å²) in [4.78, 5) is 37.1. The van der Waals surface area contributed by atoms with Crippen LogP contribution >= 0.6 is 11.3 Å². The van der Waals surface area contributed by atoms with Crippen LogP contribution in [0.3, 0.4) is 0 Å². The third-order valence-electron chi connectivity index (χ3n) is 8.26. The first-order chi connectivity index (χ1) is 19.5. The molecule has 0 unspecified atom stereocenters. The van der Waals surface area contributed by atoms with E-state index in [0.717, 1.165) is 23.1 Å². The highest BCUT2D eigenvalue weighted by atomic mass is 32.2. The minimum atomic E-state index is -3.66. The normalized spacial score (nSPS) is 19.7. The molecule has 214 valence electrons. The Bertz CT molecular complexity index is 1690. The van der Waals surface area contributed by atoms with Crippen molar-refractivity contribution < 1.29 is 22.7 Å². The van der Waals surface area contributed by atoms with Crippen LogP contribution in [0.25, 0.3) is 10.4 Å². The summed E-state index contributed by atoms with van der Waals surface area (Å²) in [7, 11) is -3.66. The number of nitrogens with zero attached hydrogens (tertiary/aromatic N) is 3. The van der Waals surface area contributed by atoms with Crippen molar-refractivity contribution in [3.63, 3.8) is 0 Å². The first-order valence-electron chi connectivity index (χ1n) is 13.9. The summed E-state index contributed by atoms with van der Waals surface area (Å²) in [5.74, 6) is 1.28. The molecule has 6 rings (SSSR count). The molecular formula is C30H32N4O5S2. The Balaban J connectivity index is 1.32. The van der Waals surface area contributed by atoms with Gasteiger partial charge in [-0.3, -0.25) is 15.1 Å². The molecule has 1 aliphatic heterocycles. The van der Waals surface area contributed by atoms with E-state index in [4.69, 9.17) is 10.1 Å². The number of anilines is 1. The van der Waals surface area contributed by atoms with E-state index in [1.54, 1.807) is 24.3 Å². The van der Waals surface area contributed by atoms with Gasteiger partial charge in [-0.05, 0) is 86.3 Å². The number of carbonyl (C=O) groups is 2. The number of hydrogen-bond acceptors (Lipinski definition) is 9. The Labute approximate surface area is 243 Å². The summed E-state index contributed by atoms with van der Waals surface area (Å²) in [6, 6.07) is 8.67. The van der Waals surface area contributed by atoms with Gasteiger partial charge in [-0.15, -0.1) is 11.3 Å². The molecule has 1 aromatic carbocycles. The predicted molar refractivity (Wildman–Crippen MR) is 157 cm³/mol. The zero-order chi connectivity index (χ0) is 29.1. The SMILES string of the molecule is Cc1nc(C(=N)c2cccc(N3CCCOC3=O)n2)sc1-c1cc2c(c(S(C)(=O)=O)c1)C(=O)[C@H](C[C@@H](C)C1CC1)C2. The second-order valence-electron chi connectivity index (χ2n) is 11.4. The highest BCUT2D eigenvalue weighted by molar-refractivity contribution is 7.90. The molecule has 9 nitrogen and oxygen atoms in total. The summed E-state index contributed by atoms with van der Waals surface area (Å²) in [6.07, 6.45) is 5.13. The molecule has 3 aromatic rings. The fourth-order valence-electron chi connectivity index (χ4n) is 5.95. The number of Topliss-reactive ketones (excluding diaryl/α,β-unsaturated/α-hetero) is 1. The Morgan fingerprint density at radius 1 is 1.22 bits per heavy atom. The molecule has 1 amide bonds. The van der Waals surface area contributed by atoms with Crippen molar-refractivity contribution in [2.75, 3.05) is 24.3 Å². The number of nitrogens with one attached hydrogen (secondary N) is 1. The summed E-state index contributed by atoms with van der Waals surface area (Å²) in [5, 5.41) is 9.26. The van der Waals surface area contributed by atoms with E-state index < -0.39 is 15.9 Å². The number of hydrogen-bond donors (Lipinski definition) is 1. The van der Waals surface area contributed by atoms with Crippen LogP contribution in [0.4, 0.5) is 10.6 Å². The lowest BCUT2D eigenvalue weighted by Crippen LogP contribution is -2.38. The molecule has 3 heterocycles. The molecule has 0 spiro atoms. The van der Waals surface area contributed by atoms with Gasteiger partial charge >= 0.3 is 6.09 Å². The topological polar surface area (TPSA) is 130 Å².